The molecule has 0 amide bonds. The largest absolute Gasteiger partial charge is 0.497 e. The summed E-state index contributed by atoms with van der Waals surface area (Å²) in [6.45, 7) is 4.89. The molecule has 0 spiro atoms. The van der Waals surface area contributed by atoms with Crippen LogP contribution in [0.25, 0.3) is 16.7 Å². The van der Waals surface area contributed by atoms with Gasteiger partial charge in [0.15, 0.2) is 6.10 Å². The lowest BCUT2D eigenvalue weighted by atomic mass is 10.0. The first-order valence-corrected chi connectivity index (χ1v) is 11.6. The van der Waals surface area contributed by atoms with Crippen molar-refractivity contribution in [2.45, 2.75) is 26.4 Å². The molecule has 1 atom stereocenters. The minimum absolute atomic E-state index is 0.329. The highest BCUT2D eigenvalue weighted by atomic mass is 16.6. The molecule has 0 saturated carbocycles. The lowest BCUT2D eigenvalue weighted by Crippen LogP contribution is -2.28. The lowest BCUT2D eigenvalue weighted by Gasteiger charge is -2.15. The number of ether oxygens (including phenoxy) is 4. The van der Waals surface area contributed by atoms with Gasteiger partial charge < -0.3 is 18.9 Å². The normalized spacial score (nSPS) is 13.8. The van der Waals surface area contributed by atoms with Crippen molar-refractivity contribution in [3.05, 3.63) is 89.5 Å². The van der Waals surface area contributed by atoms with E-state index in [1.807, 2.05) is 37.3 Å². The standard InChI is InChI=1S/C29H30O5/c1-4-32-28(29(30)33-5-2)18-20-10-12-21(13-11-20)34-17-16-26-24-9-7-6-8-23(24)25-15-14-22(31-3)19-27(25)26/h6-16,19,28H,4-5,17-18H2,1-3H3/b26-16-. The maximum atomic E-state index is 12.1. The van der Waals surface area contributed by atoms with E-state index in [1.165, 1.54) is 16.7 Å². The van der Waals surface area contributed by atoms with E-state index in [2.05, 4.69) is 42.5 Å². The van der Waals surface area contributed by atoms with Crippen molar-refractivity contribution < 1.29 is 23.7 Å². The van der Waals surface area contributed by atoms with Crippen molar-refractivity contribution in [1.82, 2.24) is 0 Å². The maximum Gasteiger partial charge on any atom is 0.335 e. The summed E-state index contributed by atoms with van der Waals surface area (Å²) in [6.07, 6.45) is 1.98. The third kappa shape index (κ3) is 5.15. The van der Waals surface area contributed by atoms with Crippen molar-refractivity contribution in [3.8, 4) is 22.6 Å². The molecule has 0 saturated heterocycles. The number of rotatable bonds is 10. The molecule has 0 N–H and O–H groups in total. The Kier molecular flexibility index (Phi) is 7.65. The Hall–Kier alpha value is -3.57. The fourth-order valence-electron chi connectivity index (χ4n) is 4.23. The van der Waals surface area contributed by atoms with E-state index in [0.29, 0.717) is 26.2 Å². The molecule has 0 heterocycles. The van der Waals surface area contributed by atoms with Crippen LogP contribution in [0, 0.1) is 0 Å². The van der Waals surface area contributed by atoms with Crippen molar-refractivity contribution in [2.24, 2.45) is 0 Å². The van der Waals surface area contributed by atoms with Gasteiger partial charge in [-0.15, -0.1) is 0 Å². The Balaban J connectivity index is 1.45. The number of fused-ring (bicyclic) bond motifs is 3. The van der Waals surface area contributed by atoms with Crippen LogP contribution in [-0.4, -0.2) is 39.0 Å². The molecule has 1 aliphatic rings. The Morgan fingerprint density at radius 2 is 1.56 bits per heavy atom. The third-order valence-corrected chi connectivity index (χ3v) is 5.82. The van der Waals surface area contributed by atoms with Crippen molar-refractivity contribution in [1.29, 1.82) is 0 Å². The van der Waals surface area contributed by atoms with Gasteiger partial charge in [-0.25, -0.2) is 4.79 Å². The fraction of sp³-hybridized carbons (Fsp3) is 0.276. The van der Waals surface area contributed by atoms with Crippen LogP contribution in [0.5, 0.6) is 11.5 Å². The highest BCUT2D eigenvalue weighted by Crippen LogP contribution is 2.45. The molecule has 0 fully saturated rings. The Bertz CT molecular complexity index is 1160. The van der Waals surface area contributed by atoms with Crippen LogP contribution in [0.2, 0.25) is 0 Å². The average molecular weight is 459 g/mol. The van der Waals surface area contributed by atoms with E-state index in [9.17, 15) is 4.79 Å². The number of carbonyl (C=O) groups is 1. The van der Waals surface area contributed by atoms with Crippen LogP contribution >= 0.6 is 0 Å². The molecule has 0 aliphatic heterocycles. The average Bonchev–Trinajstić information content (AvgIpc) is 3.18. The molecule has 176 valence electrons. The fourth-order valence-corrected chi connectivity index (χ4v) is 4.23. The summed E-state index contributed by atoms with van der Waals surface area (Å²) in [6, 6.07) is 22.3. The van der Waals surface area contributed by atoms with Gasteiger partial charge in [-0.1, -0.05) is 42.5 Å². The van der Waals surface area contributed by atoms with Crippen molar-refractivity contribution in [2.75, 3.05) is 26.9 Å². The number of hydrogen-bond donors (Lipinski definition) is 0. The zero-order valence-corrected chi connectivity index (χ0v) is 19.9. The van der Waals surface area contributed by atoms with E-state index in [1.54, 1.807) is 14.0 Å². The van der Waals surface area contributed by atoms with Gasteiger partial charge in [0.05, 0.1) is 13.7 Å². The van der Waals surface area contributed by atoms with E-state index in [0.717, 1.165) is 28.2 Å². The van der Waals surface area contributed by atoms with E-state index < -0.39 is 6.10 Å². The highest BCUT2D eigenvalue weighted by molar-refractivity contribution is 6.01. The minimum Gasteiger partial charge on any atom is -0.497 e. The molecule has 0 radical (unpaired) electrons. The number of methoxy groups -OCH3 is 1. The monoisotopic (exact) mass is 458 g/mol. The zero-order valence-electron chi connectivity index (χ0n) is 19.9. The first-order valence-electron chi connectivity index (χ1n) is 11.6. The first-order chi connectivity index (χ1) is 16.6. The molecule has 0 bridgehead atoms. The van der Waals surface area contributed by atoms with Crippen molar-refractivity contribution >= 4 is 11.5 Å². The molecule has 5 nitrogen and oxygen atoms in total. The topological polar surface area (TPSA) is 54.0 Å². The van der Waals surface area contributed by atoms with Crippen LogP contribution in [0.4, 0.5) is 0 Å². The van der Waals surface area contributed by atoms with Crippen molar-refractivity contribution in [3.63, 3.8) is 0 Å². The summed E-state index contributed by atoms with van der Waals surface area (Å²) >= 11 is 0. The van der Waals surface area contributed by atoms with Gasteiger partial charge in [-0.05, 0) is 77.6 Å². The van der Waals surface area contributed by atoms with Gasteiger partial charge in [0, 0.05) is 13.0 Å². The highest BCUT2D eigenvalue weighted by Gasteiger charge is 2.23. The van der Waals surface area contributed by atoms with Crippen LogP contribution < -0.4 is 9.47 Å². The molecule has 5 heteroatoms. The third-order valence-electron chi connectivity index (χ3n) is 5.82. The van der Waals surface area contributed by atoms with Crippen LogP contribution in [0.1, 0.15) is 30.5 Å². The van der Waals surface area contributed by atoms with Crippen LogP contribution in [0.3, 0.4) is 0 Å². The molecular formula is C29H30O5. The Labute approximate surface area is 200 Å². The van der Waals surface area contributed by atoms with Gasteiger partial charge in [0.2, 0.25) is 0 Å². The van der Waals surface area contributed by atoms with Crippen LogP contribution in [0.15, 0.2) is 72.8 Å². The number of hydrogen-bond acceptors (Lipinski definition) is 5. The Morgan fingerprint density at radius 1 is 0.853 bits per heavy atom. The van der Waals surface area contributed by atoms with Gasteiger partial charge in [-0.3, -0.25) is 0 Å². The summed E-state index contributed by atoms with van der Waals surface area (Å²) in [4.78, 5) is 12.1. The number of carbonyl (C=O) groups excluding carboxylic acids is 1. The molecule has 4 rings (SSSR count). The molecule has 0 aromatic heterocycles. The summed E-state index contributed by atoms with van der Waals surface area (Å²) in [5, 5.41) is 0. The van der Waals surface area contributed by atoms with Gasteiger partial charge in [0.25, 0.3) is 0 Å². The second-order valence-electron chi connectivity index (χ2n) is 7.93. The summed E-state index contributed by atoms with van der Waals surface area (Å²) in [5.41, 5.74) is 6.92. The van der Waals surface area contributed by atoms with E-state index in [4.69, 9.17) is 18.9 Å². The SMILES string of the molecule is CCOC(=O)C(Cc1ccc(OC/C=C2/c3ccccc3-c3ccc(OC)cc32)cc1)OCC. The molecule has 1 unspecified atom stereocenters. The summed E-state index contributed by atoms with van der Waals surface area (Å²) in [5.74, 6) is 1.27. The predicted molar refractivity (Wildman–Crippen MR) is 133 cm³/mol. The number of esters is 1. The molecule has 34 heavy (non-hydrogen) atoms. The predicted octanol–water partition coefficient (Wildman–Crippen LogP) is 5.70. The molecular weight excluding hydrogens is 428 g/mol. The van der Waals surface area contributed by atoms with E-state index >= 15 is 0 Å². The van der Waals surface area contributed by atoms with Gasteiger partial charge in [-0.2, -0.15) is 0 Å². The zero-order chi connectivity index (χ0) is 23.9. The maximum absolute atomic E-state index is 12.1. The minimum atomic E-state index is -0.596. The first kappa shape index (κ1) is 23.6. The molecule has 3 aromatic carbocycles. The van der Waals surface area contributed by atoms with Gasteiger partial charge >= 0.3 is 5.97 Å². The Morgan fingerprint density at radius 3 is 2.26 bits per heavy atom. The second-order valence-corrected chi connectivity index (χ2v) is 7.93. The second kappa shape index (κ2) is 11.0. The van der Waals surface area contributed by atoms with Gasteiger partial charge in [0.1, 0.15) is 18.1 Å². The summed E-state index contributed by atoms with van der Waals surface area (Å²) in [7, 11) is 1.68. The quantitative estimate of drug-likeness (QED) is 0.286. The molecule has 3 aromatic rings. The number of benzene rings is 3. The van der Waals surface area contributed by atoms with E-state index in [-0.39, 0.29) is 5.97 Å². The van der Waals surface area contributed by atoms with Crippen LogP contribution in [-0.2, 0) is 20.7 Å². The summed E-state index contributed by atoms with van der Waals surface area (Å²) < 4.78 is 22.1. The lowest BCUT2D eigenvalue weighted by molar-refractivity contribution is -0.156. The molecule has 1 aliphatic carbocycles. The smallest absolute Gasteiger partial charge is 0.335 e.